The van der Waals surface area contributed by atoms with E-state index in [2.05, 4.69) is 15.5 Å². The lowest BCUT2D eigenvalue weighted by molar-refractivity contribution is -0.111. The Morgan fingerprint density at radius 3 is 2.77 bits per heavy atom. The van der Waals surface area contributed by atoms with Crippen molar-refractivity contribution in [3.05, 3.63) is 34.8 Å². The van der Waals surface area contributed by atoms with Crippen molar-refractivity contribution in [3.8, 4) is 11.5 Å². The maximum Gasteiger partial charge on any atom is 0.250 e. The Bertz CT molecular complexity index is 682. The van der Waals surface area contributed by atoms with E-state index in [4.69, 9.17) is 9.47 Å². The monoisotopic (exact) mass is 319 g/mol. The number of nitrogens with zero attached hydrogens (tertiary/aromatic N) is 2. The third kappa shape index (κ3) is 4.05. The molecule has 0 fully saturated rings. The summed E-state index contributed by atoms with van der Waals surface area (Å²) in [4.78, 5) is 11.9. The van der Waals surface area contributed by atoms with Gasteiger partial charge < -0.3 is 9.47 Å². The molecule has 0 aliphatic heterocycles. The van der Waals surface area contributed by atoms with Crippen molar-refractivity contribution in [2.45, 2.75) is 13.3 Å². The minimum Gasteiger partial charge on any atom is -0.497 e. The van der Waals surface area contributed by atoms with Crippen LogP contribution in [0.3, 0.4) is 0 Å². The Hall–Kier alpha value is -2.41. The van der Waals surface area contributed by atoms with E-state index in [0.717, 1.165) is 17.0 Å². The summed E-state index contributed by atoms with van der Waals surface area (Å²) in [6.07, 6.45) is 3.90. The zero-order valence-electron chi connectivity index (χ0n) is 12.6. The van der Waals surface area contributed by atoms with Gasteiger partial charge in [-0.25, -0.2) is 0 Å². The van der Waals surface area contributed by atoms with Gasteiger partial charge in [-0.15, -0.1) is 10.2 Å². The topological polar surface area (TPSA) is 73.3 Å². The third-order valence-corrected chi connectivity index (χ3v) is 3.84. The van der Waals surface area contributed by atoms with Crippen LogP contribution in [0.15, 0.2) is 24.3 Å². The molecule has 116 valence electrons. The fourth-order valence-electron chi connectivity index (χ4n) is 1.72. The molecule has 2 aromatic rings. The summed E-state index contributed by atoms with van der Waals surface area (Å²) in [7, 11) is 3.16. The second-order valence-electron chi connectivity index (χ2n) is 4.28. The number of nitrogens with one attached hydrogen (secondary N) is 1. The van der Waals surface area contributed by atoms with E-state index in [-0.39, 0.29) is 5.91 Å². The molecule has 1 amide bonds. The summed E-state index contributed by atoms with van der Waals surface area (Å²) >= 11 is 1.37. The average Bonchev–Trinajstić information content (AvgIpc) is 3.00. The number of methoxy groups -OCH3 is 2. The van der Waals surface area contributed by atoms with Gasteiger partial charge in [0.2, 0.25) is 11.0 Å². The highest BCUT2D eigenvalue weighted by atomic mass is 32.1. The van der Waals surface area contributed by atoms with Crippen LogP contribution in [-0.2, 0) is 11.2 Å². The molecule has 0 aliphatic rings. The summed E-state index contributed by atoms with van der Waals surface area (Å²) in [5.41, 5.74) is 0.782. The molecule has 1 N–H and O–H groups in total. The zero-order valence-corrected chi connectivity index (χ0v) is 13.4. The number of carbonyl (C=O) groups is 1. The Morgan fingerprint density at radius 2 is 2.14 bits per heavy atom. The smallest absolute Gasteiger partial charge is 0.250 e. The van der Waals surface area contributed by atoms with Gasteiger partial charge in [-0.2, -0.15) is 0 Å². The van der Waals surface area contributed by atoms with E-state index < -0.39 is 0 Å². The number of rotatable bonds is 6. The van der Waals surface area contributed by atoms with Crippen LogP contribution in [0, 0.1) is 0 Å². The van der Waals surface area contributed by atoms with Gasteiger partial charge in [0.05, 0.1) is 14.2 Å². The molecule has 6 nitrogen and oxygen atoms in total. The quantitative estimate of drug-likeness (QED) is 0.829. The largest absolute Gasteiger partial charge is 0.497 e. The van der Waals surface area contributed by atoms with Crippen molar-refractivity contribution in [1.82, 2.24) is 10.2 Å². The molecule has 1 aromatic heterocycles. The number of hydrogen-bond acceptors (Lipinski definition) is 6. The molecule has 2 rings (SSSR count). The van der Waals surface area contributed by atoms with Crippen LogP contribution >= 0.6 is 11.3 Å². The van der Waals surface area contributed by atoms with Gasteiger partial charge in [-0.3, -0.25) is 10.1 Å². The van der Waals surface area contributed by atoms with Crippen molar-refractivity contribution >= 4 is 28.5 Å². The molecule has 7 heteroatoms. The van der Waals surface area contributed by atoms with Crippen LogP contribution in [0.1, 0.15) is 17.5 Å². The highest BCUT2D eigenvalue weighted by Gasteiger charge is 2.06. The molecule has 0 atom stereocenters. The van der Waals surface area contributed by atoms with Crippen LogP contribution in [0.25, 0.3) is 6.08 Å². The van der Waals surface area contributed by atoms with Crippen LogP contribution < -0.4 is 14.8 Å². The number of aryl methyl sites for hydroxylation is 1. The van der Waals surface area contributed by atoms with Crippen molar-refractivity contribution in [1.29, 1.82) is 0 Å². The Labute approximate surface area is 132 Å². The second kappa shape index (κ2) is 7.56. The molecule has 0 spiro atoms. The van der Waals surface area contributed by atoms with E-state index in [1.807, 2.05) is 13.0 Å². The predicted molar refractivity (Wildman–Crippen MR) is 86.5 cm³/mol. The lowest BCUT2D eigenvalue weighted by atomic mass is 10.1. The van der Waals surface area contributed by atoms with E-state index in [1.165, 1.54) is 17.4 Å². The van der Waals surface area contributed by atoms with Crippen molar-refractivity contribution in [2.75, 3.05) is 19.5 Å². The SMILES string of the molecule is CCc1nnc(NC(=O)/C=C/c2ccc(OC)cc2OC)s1. The van der Waals surface area contributed by atoms with Crippen LogP contribution in [0.5, 0.6) is 11.5 Å². The van der Waals surface area contributed by atoms with Gasteiger partial charge in [-0.05, 0) is 24.6 Å². The number of amides is 1. The van der Waals surface area contributed by atoms with Gasteiger partial charge in [-0.1, -0.05) is 18.3 Å². The van der Waals surface area contributed by atoms with Gasteiger partial charge in [0, 0.05) is 17.7 Å². The first kappa shape index (κ1) is 16.0. The standard InChI is InChI=1S/C15H17N3O3S/c1-4-14-17-18-15(22-14)16-13(19)8-6-10-5-7-11(20-2)9-12(10)21-3/h5-9H,4H2,1-3H3,(H,16,18,19)/b8-6+. The summed E-state index contributed by atoms with van der Waals surface area (Å²) in [6.45, 7) is 1.99. The normalized spacial score (nSPS) is 10.7. The number of benzene rings is 1. The van der Waals surface area contributed by atoms with Crippen LogP contribution in [-0.4, -0.2) is 30.3 Å². The maximum absolute atomic E-state index is 11.9. The highest BCUT2D eigenvalue weighted by molar-refractivity contribution is 7.15. The van der Waals surface area contributed by atoms with E-state index in [1.54, 1.807) is 32.4 Å². The van der Waals surface area contributed by atoms with Gasteiger partial charge >= 0.3 is 0 Å². The molecule has 0 saturated heterocycles. The molecule has 22 heavy (non-hydrogen) atoms. The molecule has 0 aliphatic carbocycles. The van der Waals surface area contributed by atoms with Crippen LogP contribution in [0.4, 0.5) is 5.13 Å². The highest BCUT2D eigenvalue weighted by Crippen LogP contribution is 2.25. The number of anilines is 1. The fraction of sp³-hybridized carbons (Fsp3) is 0.267. The third-order valence-electron chi connectivity index (χ3n) is 2.85. The van der Waals surface area contributed by atoms with E-state index >= 15 is 0 Å². The minimum absolute atomic E-state index is 0.267. The number of aromatic nitrogens is 2. The van der Waals surface area contributed by atoms with Crippen molar-refractivity contribution < 1.29 is 14.3 Å². The molecule has 0 saturated carbocycles. The lowest BCUT2D eigenvalue weighted by Crippen LogP contribution is -2.07. The minimum atomic E-state index is -0.267. The Morgan fingerprint density at radius 1 is 1.32 bits per heavy atom. The summed E-state index contributed by atoms with van der Waals surface area (Å²) in [6, 6.07) is 5.38. The molecular formula is C15H17N3O3S. The fourth-order valence-corrected chi connectivity index (χ4v) is 2.40. The molecule has 1 aromatic carbocycles. The first-order valence-electron chi connectivity index (χ1n) is 6.69. The van der Waals surface area contributed by atoms with Gasteiger partial charge in [0.1, 0.15) is 16.5 Å². The van der Waals surface area contributed by atoms with E-state index in [0.29, 0.717) is 16.6 Å². The molecule has 1 heterocycles. The zero-order chi connectivity index (χ0) is 15.9. The van der Waals surface area contributed by atoms with Gasteiger partial charge in [0.25, 0.3) is 0 Å². The average molecular weight is 319 g/mol. The number of hydrogen-bond donors (Lipinski definition) is 1. The summed E-state index contributed by atoms with van der Waals surface area (Å²) in [5, 5.41) is 11.9. The van der Waals surface area contributed by atoms with Crippen molar-refractivity contribution in [2.24, 2.45) is 0 Å². The number of ether oxygens (including phenoxy) is 2. The first-order chi connectivity index (χ1) is 10.7. The number of carbonyl (C=O) groups excluding carboxylic acids is 1. The van der Waals surface area contributed by atoms with Gasteiger partial charge in [0.15, 0.2) is 0 Å². The molecule has 0 bridgehead atoms. The molecule has 0 radical (unpaired) electrons. The second-order valence-corrected chi connectivity index (χ2v) is 5.35. The first-order valence-corrected chi connectivity index (χ1v) is 7.51. The van der Waals surface area contributed by atoms with Crippen LogP contribution in [0.2, 0.25) is 0 Å². The Kier molecular flexibility index (Phi) is 5.48. The summed E-state index contributed by atoms with van der Waals surface area (Å²) < 4.78 is 10.4. The molecule has 0 unspecified atom stereocenters. The maximum atomic E-state index is 11.9. The predicted octanol–water partition coefficient (Wildman–Crippen LogP) is 2.77. The summed E-state index contributed by atoms with van der Waals surface area (Å²) in [5.74, 6) is 1.06. The Balaban J connectivity index is 2.05. The lowest BCUT2D eigenvalue weighted by Gasteiger charge is -2.07. The van der Waals surface area contributed by atoms with Crippen molar-refractivity contribution in [3.63, 3.8) is 0 Å². The molecular weight excluding hydrogens is 302 g/mol. The van der Waals surface area contributed by atoms with E-state index in [9.17, 15) is 4.79 Å².